The van der Waals surface area contributed by atoms with Gasteiger partial charge in [0.2, 0.25) is 0 Å². The van der Waals surface area contributed by atoms with Gasteiger partial charge in [0.25, 0.3) is 5.69 Å². The lowest BCUT2D eigenvalue weighted by atomic mass is 10.2. The van der Waals surface area contributed by atoms with Crippen LogP contribution in [0, 0.1) is 13.7 Å². The number of aliphatic hydroxyl groups is 1. The third-order valence-electron chi connectivity index (χ3n) is 2.66. The summed E-state index contributed by atoms with van der Waals surface area (Å²) in [5, 5.41) is 20.1. The van der Waals surface area contributed by atoms with Crippen molar-refractivity contribution in [1.82, 2.24) is 0 Å². The first-order chi connectivity index (χ1) is 7.58. The van der Waals surface area contributed by atoms with E-state index in [0.29, 0.717) is 10.1 Å². The van der Waals surface area contributed by atoms with E-state index in [1.165, 1.54) is 6.07 Å². The molecule has 0 aliphatic carbocycles. The van der Waals surface area contributed by atoms with E-state index < -0.39 is 0 Å². The number of hydrogen-bond acceptors (Lipinski definition) is 4. The summed E-state index contributed by atoms with van der Waals surface area (Å²) in [6.45, 7) is 1.41. The molecule has 1 fully saturated rings. The molecule has 1 aliphatic heterocycles. The SMILES string of the molecule is O=[N+]([O-])c1ccc(N2CCC(O)C2)cc1I. The molecule has 0 aromatic heterocycles. The van der Waals surface area contributed by atoms with Gasteiger partial charge in [0, 0.05) is 24.8 Å². The summed E-state index contributed by atoms with van der Waals surface area (Å²) >= 11 is 1.96. The van der Waals surface area contributed by atoms with Crippen molar-refractivity contribution in [2.45, 2.75) is 12.5 Å². The van der Waals surface area contributed by atoms with Gasteiger partial charge in [-0.1, -0.05) is 0 Å². The third-order valence-corrected chi connectivity index (χ3v) is 3.52. The minimum atomic E-state index is -0.385. The van der Waals surface area contributed by atoms with Crippen LogP contribution in [0.5, 0.6) is 0 Å². The molecule has 1 saturated heterocycles. The molecular weight excluding hydrogens is 323 g/mol. The lowest BCUT2D eigenvalue weighted by Crippen LogP contribution is -2.21. The lowest BCUT2D eigenvalue weighted by molar-refractivity contribution is -0.385. The highest BCUT2D eigenvalue weighted by Gasteiger charge is 2.22. The molecule has 0 spiro atoms. The van der Waals surface area contributed by atoms with Crippen LogP contribution in [0.25, 0.3) is 0 Å². The van der Waals surface area contributed by atoms with Crippen LogP contribution >= 0.6 is 22.6 Å². The number of hydrogen-bond donors (Lipinski definition) is 1. The number of nitro benzene ring substituents is 1. The number of benzene rings is 1. The molecule has 1 aliphatic rings. The van der Waals surface area contributed by atoms with Gasteiger partial charge in [0.05, 0.1) is 14.6 Å². The molecule has 86 valence electrons. The van der Waals surface area contributed by atoms with Gasteiger partial charge < -0.3 is 10.0 Å². The van der Waals surface area contributed by atoms with Crippen molar-refractivity contribution in [3.8, 4) is 0 Å². The second-order valence-corrected chi connectivity index (χ2v) is 4.94. The fourth-order valence-corrected chi connectivity index (χ4v) is 2.51. The Morgan fingerprint density at radius 1 is 1.56 bits per heavy atom. The van der Waals surface area contributed by atoms with Gasteiger partial charge in [-0.25, -0.2) is 0 Å². The third kappa shape index (κ3) is 2.27. The van der Waals surface area contributed by atoms with Crippen LogP contribution in [0.15, 0.2) is 18.2 Å². The van der Waals surface area contributed by atoms with Crippen molar-refractivity contribution < 1.29 is 10.0 Å². The molecule has 0 saturated carbocycles. The van der Waals surface area contributed by atoms with Crippen molar-refractivity contribution in [3.05, 3.63) is 31.9 Å². The highest BCUT2D eigenvalue weighted by molar-refractivity contribution is 14.1. The molecule has 0 bridgehead atoms. The van der Waals surface area contributed by atoms with Gasteiger partial charge in [-0.3, -0.25) is 10.1 Å². The molecule has 1 aromatic rings. The molecule has 6 heteroatoms. The van der Waals surface area contributed by atoms with Crippen LogP contribution < -0.4 is 4.90 Å². The Morgan fingerprint density at radius 2 is 2.31 bits per heavy atom. The Bertz CT molecular complexity index is 425. The lowest BCUT2D eigenvalue weighted by Gasteiger charge is -2.17. The minimum Gasteiger partial charge on any atom is -0.391 e. The zero-order chi connectivity index (χ0) is 11.7. The maximum absolute atomic E-state index is 10.7. The molecule has 0 amide bonds. The molecule has 0 radical (unpaired) electrons. The first kappa shape index (κ1) is 11.6. The number of anilines is 1. The maximum atomic E-state index is 10.7. The topological polar surface area (TPSA) is 66.6 Å². The molecule has 16 heavy (non-hydrogen) atoms. The summed E-state index contributed by atoms with van der Waals surface area (Å²) in [6, 6.07) is 5.04. The smallest absolute Gasteiger partial charge is 0.282 e. The zero-order valence-corrected chi connectivity index (χ0v) is 10.6. The van der Waals surface area contributed by atoms with Crippen LogP contribution in [-0.4, -0.2) is 29.2 Å². The highest BCUT2D eigenvalue weighted by atomic mass is 127. The second-order valence-electron chi connectivity index (χ2n) is 3.78. The van der Waals surface area contributed by atoms with Crippen molar-refractivity contribution in [3.63, 3.8) is 0 Å². The summed E-state index contributed by atoms with van der Waals surface area (Å²) < 4.78 is 0.626. The molecule has 1 heterocycles. The second kappa shape index (κ2) is 4.54. The summed E-state index contributed by atoms with van der Waals surface area (Å²) in [6.07, 6.45) is 0.473. The van der Waals surface area contributed by atoms with E-state index >= 15 is 0 Å². The predicted octanol–water partition coefficient (Wildman–Crippen LogP) is 1.77. The van der Waals surface area contributed by atoms with Crippen LogP contribution in [0.3, 0.4) is 0 Å². The van der Waals surface area contributed by atoms with Crippen molar-refractivity contribution in [2.24, 2.45) is 0 Å². The Hall–Kier alpha value is -0.890. The first-order valence-corrected chi connectivity index (χ1v) is 6.03. The molecular formula is C10H11IN2O3. The highest BCUT2D eigenvalue weighted by Crippen LogP contribution is 2.28. The fourth-order valence-electron chi connectivity index (χ4n) is 1.82. The van der Waals surface area contributed by atoms with Crippen molar-refractivity contribution in [2.75, 3.05) is 18.0 Å². The van der Waals surface area contributed by atoms with E-state index in [0.717, 1.165) is 18.7 Å². The normalized spacial score (nSPS) is 20.1. The molecule has 1 unspecified atom stereocenters. The van der Waals surface area contributed by atoms with Gasteiger partial charge in [-0.05, 0) is 41.1 Å². The van der Waals surface area contributed by atoms with Crippen LogP contribution in [0.1, 0.15) is 6.42 Å². The molecule has 1 atom stereocenters. The summed E-state index contributed by atoms with van der Waals surface area (Å²) in [4.78, 5) is 12.3. The molecule has 1 N–H and O–H groups in total. The van der Waals surface area contributed by atoms with Gasteiger partial charge in [-0.15, -0.1) is 0 Å². The number of rotatable bonds is 2. The largest absolute Gasteiger partial charge is 0.391 e. The predicted molar refractivity (Wildman–Crippen MR) is 68.7 cm³/mol. The van der Waals surface area contributed by atoms with E-state index in [4.69, 9.17) is 0 Å². The molecule has 1 aromatic carbocycles. The standard InChI is InChI=1S/C10H11IN2O3/c11-9-5-7(1-2-10(9)13(15)16)12-4-3-8(14)6-12/h1-2,5,8,14H,3-4,6H2. The van der Waals surface area contributed by atoms with E-state index in [-0.39, 0.29) is 16.7 Å². The van der Waals surface area contributed by atoms with Crippen molar-refractivity contribution >= 4 is 34.0 Å². The monoisotopic (exact) mass is 334 g/mol. The zero-order valence-electron chi connectivity index (χ0n) is 8.47. The van der Waals surface area contributed by atoms with Gasteiger partial charge in [0.15, 0.2) is 0 Å². The Morgan fingerprint density at radius 3 is 2.81 bits per heavy atom. The Kier molecular flexibility index (Phi) is 3.29. The van der Waals surface area contributed by atoms with Crippen molar-refractivity contribution in [1.29, 1.82) is 0 Å². The Labute approximate surface area is 106 Å². The summed E-state index contributed by atoms with van der Waals surface area (Å²) in [7, 11) is 0. The fraction of sp³-hybridized carbons (Fsp3) is 0.400. The van der Waals surface area contributed by atoms with Crippen LogP contribution in [-0.2, 0) is 0 Å². The number of aliphatic hydroxyl groups excluding tert-OH is 1. The van der Waals surface area contributed by atoms with E-state index in [2.05, 4.69) is 0 Å². The van der Waals surface area contributed by atoms with Gasteiger partial charge in [0.1, 0.15) is 0 Å². The molecule has 2 rings (SSSR count). The average Bonchev–Trinajstić information content (AvgIpc) is 2.64. The average molecular weight is 334 g/mol. The summed E-state index contributed by atoms with van der Waals surface area (Å²) in [5.41, 5.74) is 1.07. The number of halogens is 1. The van der Waals surface area contributed by atoms with E-state index in [9.17, 15) is 15.2 Å². The van der Waals surface area contributed by atoms with Crippen LogP contribution in [0.2, 0.25) is 0 Å². The number of nitrogens with zero attached hydrogens (tertiary/aromatic N) is 2. The van der Waals surface area contributed by atoms with Crippen LogP contribution in [0.4, 0.5) is 11.4 Å². The number of nitro groups is 1. The minimum absolute atomic E-state index is 0.129. The summed E-state index contributed by atoms with van der Waals surface area (Å²) in [5.74, 6) is 0. The van der Waals surface area contributed by atoms with E-state index in [1.54, 1.807) is 12.1 Å². The van der Waals surface area contributed by atoms with E-state index in [1.807, 2.05) is 27.5 Å². The quantitative estimate of drug-likeness (QED) is 0.509. The molecule has 5 nitrogen and oxygen atoms in total. The van der Waals surface area contributed by atoms with Gasteiger partial charge in [-0.2, -0.15) is 0 Å². The first-order valence-electron chi connectivity index (χ1n) is 4.95. The number of β-amino-alcohol motifs (C(OH)–C–C–N with tert-alkyl or cyclic N) is 1. The Balaban J connectivity index is 2.24. The van der Waals surface area contributed by atoms with Gasteiger partial charge >= 0.3 is 0 Å². The maximum Gasteiger partial charge on any atom is 0.282 e.